The standard InChI is InChI=1S/C14H26N2O2S/c1-2-19-13-5-3-4-11(10-13)15-14(18)16(8-9-17)12-6-7-12/h11-13,17H,2-10H2,1H3,(H,15,18)/t11-,13-/m1/s1. The normalized spacial score (nSPS) is 27.1. The lowest BCUT2D eigenvalue weighted by Gasteiger charge is -2.31. The average molecular weight is 286 g/mol. The molecule has 0 bridgehead atoms. The summed E-state index contributed by atoms with van der Waals surface area (Å²) in [5.74, 6) is 1.16. The third-order valence-corrected chi connectivity index (χ3v) is 5.18. The number of hydrogen-bond acceptors (Lipinski definition) is 3. The average Bonchev–Trinajstić information content (AvgIpc) is 3.21. The molecule has 0 radical (unpaired) electrons. The van der Waals surface area contributed by atoms with Gasteiger partial charge in [-0.15, -0.1) is 0 Å². The predicted molar refractivity (Wildman–Crippen MR) is 79.5 cm³/mol. The number of carbonyl (C=O) groups excluding carboxylic acids is 1. The molecule has 4 nitrogen and oxygen atoms in total. The lowest BCUT2D eigenvalue weighted by atomic mass is 9.95. The molecule has 2 amide bonds. The summed E-state index contributed by atoms with van der Waals surface area (Å²) in [6.45, 7) is 2.72. The smallest absolute Gasteiger partial charge is 0.317 e. The van der Waals surface area contributed by atoms with Gasteiger partial charge in [0.05, 0.1) is 6.61 Å². The van der Waals surface area contributed by atoms with E-state index in [9.17, 15) is 4.79 Å². The van der Waals surface area contributed by atoms with Crippen LogP contribution in [0.3, 0.4) is 0 Å². The number of amides is 2. The number of aliphatic hydroxyl groups excluding tert-OH is 1. The fourth-order valence-corrected chi connectivity index (χ4v) is 4.04. The maximum atomic E-state index is 12.2. The highest BCUT2D eigenvalue weighted by Gasteiger charge is 2.33. The summed E-state index contributed by atoms with van der Waals surface area (Å²) in [5.41, 5.74) is 0. The van der Waals surface area contributed by atoms with Crippen molar-refractivity contribution in [1.82, 2.24) is 10.2 Å². The van der Waals surface area contributed by atoms with Crippen LogP contribution in [-0.2, 0) is 0 Å². The van der Waals surface area contributed by atoms with E-state index in [1.807, 2.05) is 16.7 Å². The van der Waals surface area contributed by atoms with E-state index in [2.05, 4.69) is 12.2 Å². The quantitative estimate of drug-likeness (QED) is 0.787. The van der Waals surface area contributed by atoms with Gasteiger partial charge < -0.3 is 15.3 Å². The van der Waals surface area contributed by atoms with Crippen molar-refractivity contribution in [2.45, 2.75) is 62.8 Å². The van der Waals surface area contributed by atoms with Crippen molar-refractivity contribution >= 4 is 17.8 Å². The summed E-state index contributed by atoms with van der Waals surface area (Å²) in [7, 11) is 0. The zero-order valence-corrected chi connectivity index (χ0v) is 12.6. The first-order valence-corrected chi connectivity index (χ1v) is 8.59. The summed E-state index contributed by atoms with van der Waals surface area (Å²) < 4.78 is 0. The monoisotopic (exact) mass is 286 g/mol. The molecule has 0 aromatic heterocycles. The van der Waals surface area contributed by atoms with Crippen LogP contribution in [0, 0.1) is 0 Å². The Morgan fingerprint density at radius 3 is 2.79 bits per heavy atom. The van der Waals surface area contributed by atoms with Gasteiger partial charge in [-0.25, -0.2) is 4.79 Å². The molecule has 2 N–H and O–H groups in total. The molecule has 0 saturated heterocycles. The molecule has 0 aliphatic heterocycles. The van der Waals surface area contributed by atoms with Gasteiger partial charge in [-0.05, 0) is 37.9 Å². The minimum atomic E-state index is 0.0312. The molecule has 0 aromatic rings. The molecule has 2 rings (SSSR count). The van der Waals surface area contributed by atoms with Crippen molar-refractivity contribution in [2.24, 2.45) is 0 Å². The number of carbonyl (C=O) groups is 1. The van der Waals surface area contributed by atoms with E-state index in [1.165, 1.54) is 12.8 Å². The molecule has 0 aromatic carbocycles. The fourth-order valence-electron chi connectivity index (χ4n) is 2.86. The number of nitrogens with one attached hydrogen (secondary N) is 1. The van der Waals surface area contributed by atoms with E-state index in [4.69, 9.17) is 5.11 Å². The number of urea groups is 1. The second-order valence-electron chi connectivity index (χ2n) is 5.54. The molecule has 0 unspecified atom stereocenters. The largest absolute Gasteiger partial charge is 0.395 e. The minimum Gasteiger partial charge on any atom is -0.395 e. The van der Waals surface area contributed by atoms with Gasteiger partial charge in [0.2, 0.25) is 0 Å². The van der Waals surface area contributed by atoms with Crippen LogP contribution in [0.1, 0.15) is 45.4 Å². The molecule has 2 saturated carbocycles. The van der Waals surface area contributed by atoms with Gasteiger partial charge in [0.15, 0.2) is 0 Å². The van der Waals surface area contributed by atoms with Gasteiger partial charge >= 0.3 is 6.03 Å². The third kappa shape index (κ3) is 4.56. The second kappa shape index (κ2) is 7.39. The van der Waals surface area contributed by atoms with Gasteiger partial charge in [0.25, 0.3) is 0 Å². The summed E-state index contributed by atoms with van der Waals surface area (Å²) in [6.07, 6.45) is 6.88. The van der Waals surface area contributed by atoms with Gasteiger partial charge in [-0.3, -0.25) is 0 Å². The molecule has 2 aliphatic carbocycles. The lowest BCUT2D eigenvalue weighted by molar-refractivity contribution is 0.168. The summed E-state index contributed by atoms with van der Waals surface area (Å²) in [6, 6.07) is 0.727. The molecule has 0 heterocycles. The highest BCUT2D eigenvalue weighted by molar-refractivity contribution is 7.99. The summed E-state index contributed by atoms with van der Waals surface area (Å²) in [5, 5.41) is 12.9. The maximum Gasteiger partial charge on any atom is 0.317 e. The molecule has 2 aliphatic rings. The number of aliphatic hydroxyl groups is 1. The van der Waals surface area contributed by atoms with Crippen molar-refractivity contribution < 1.29 is 9.90 Å². The fraction of sp³-hybridized carbons (Fsp3) is 0.929. The topological polar surface area (TPSA) is 52.6 Å². The molecule has 0 spiro atoms. The van der Waals surface area contributed by atoms with E-state index in [0.29, 0.717) is 23.9 Å². The van der Waals surface area contributed by atoms with Gasteiger partial charge in [-0.2, -0.15) is 11.8 Å². The van der Waals surface area contributed by atoms with E-state index >= 15 is 0 Å². The first-order chi connectivity index (χ1) is 9.24. The van der Waals surface area contributed by atoms with Crippen LogP contribution in [0.5, 0.6) is 0 Å². The van der Waals surface area contributed by atoms with Crippen molar-refractivity contribution in [2.75, 3.05) is 18.9 Å². The highest BCUT2D eigenvalue weighted by Crippen LogP contribution is 2.30. The lowest BCUT2D eigenvalue weighted by Crippen LogP contribution is -2.48. The summed E-state index contributed by atoms with van der Waals surface area (Å²) in [4.78, 5) is 14.1. The van der Waals surface area contributed by atoms with Crippen molar-refractivity contribution in [1.29, 1.82) is 0 Å². The van der Waals surface area contributed by atoms with Crippen LogP contribution in [0.4, 0.5) is 4.79 Å². The second-order valence-corrected chi connectivity index (χ2v) is 7.12. The van der Waals surface area contributed by atoms with E-state index in [1.54, 1.807) is 0 Å². The first kappa shape index (κ1) is 15.0. The first-order valence-electron chi connectivity index (χ1n) is 7.54. The van der Waals surface area contributed by atoms with Gasteiger partial charge in [0, 0.05) is 23.9 Å². The number of thioether (sulfide) groups is 1. The van der Waals surface area contributed by atoms with E-state index < -0.39 is 0 Å². The number of rotatable bonds is 6. The Morgan fingerprint density at radius 2 is 2.16 bits per heavy atom. The Morgan fingerprint density at radius 1 is 1.37 bits per heavy atom. The van der Waals surface area contributed by atoms with Gasteiger partial charge in [-0.1, -0.05) is 13.3 Å². The Labute approximate surface area is 120 Å². The van der Waals surface area contributed by atoms with Crippen LogP contribution in [0.25, 0.3) is 0 Å². The molecular formula is C14H26N2O2S. The maximum absolute atomic E-state index is 12.2. The highest BCUT2D eigenvalue weighted by atomic mass is 32.2. The van der Waals surface area contributed by atoms with Crippen LogP contribution in [-0.4, -0.2) is 52.3 Å². The van der Waals surface area contributed by atoms with Crippen LogP contribution in [0.15, 0.2) is 0 Å². The van der Waals surface area contributed by atoms with Crippen LogP contribution < -0.4 is 5.32 Å². The van der Waals surface area contributed by atoms with E-state index in [0.717, 1.165) is 31.4 Å². The zero-order chi connectivity index (χ0) is 13.7. The zero-order valence-electron chi connectivity index (χ0n) is 11.8. The van der Waals surface area contributed by atoms with Crippen molar-refractivity contribution in [3.63, 3.8) is 0 Å². The molecule has 2 fully saturated rings. The Balaban J connectivity index is 1.79. The van der Waals surface area contributed by atoms with E-state index in [-0.39, 0.29) is 12.6 Å². The Kier molecular flexibility index (Phi) is 5.82. The minimum absolute atomic E-state index is 0.0312. The van der Waals surface area contributed by atoms with Crippen LogP contribution in [0.2, 0.25) is 0 Å². The predicted octanol–water partition coefficient (Wildman–Crippen LogP) is 2.22. The number of nitrogens with zero attached hydrogens (tertiary/aromatic N) is 1. The van der Waals surface area contributed by atoms with Crippen molar-refractivity contribution in [3.8, 4) is 0 Å². The molecule has 5 heteroatoms. The Hall–Kier alpha value is -0.420. The Bertz CT molecular complexity index is 295. The molecular weight excluding hydrogens is 260 g/mol. The molecule has 2 atom stereocenters. The summed E-state index contributed by atoms with van der Waals surface area (Å²) >= 11 is 2.02. The third-order valence-electron chi connectivity index (χ3n) is 3.95. The molecule has 19 heavy (non-hydrogen) atoms. The molecule has 110 valence electrons. The number of hydrogen-bond donors (Lipinski definition) is 2. The van der Waals surface area contributed by atoms with Crippen molar-refractivity contribution in [3.05, 3.63) is 0 Å². The SMILES string of the molecule is CCS[C@@H]1CCC[C@@H](NC(=O)N(CCO)C2CC2)C1. The van der Waals surface area contributed by atoms with Gasteiger partial charge in [0.1, 0.15) is 0 Å². The van der Waals surface area contributed by atoms with Crippen LogP contribution >= 0.6 is 11.8 Å².